The number of hydrogen-bond acceptors (Lipinski definition) is 3. The van der Waals surface area contributed by atoms with E-state index >= 15 is 0 Å². The number of nitrogens with zero attached hydrogens (tertiary/aromatic N) is 2. The van der Waals surface area contributed by atoms with Crippen LogP contribution < -0.4 is 10.1 Å². The van der Waals surface area contributed by atoms with E-state index in [0.29, 0.717) is 11.3 Å². The molecule has 1 aromatic heterocycles. The number of carbonyl (C=O) groups excluding carboxylic acids is 1. The number of para-hydroxylation sites is 2. The molecule has 1 amide bonds. The van der Waals surface area contributed by atoms with E-state index in [1.54, 1.807) is 66.7 Å². The smallest absolute Gasteiger partial charge is 0.422 e. The Labute approximate surface area is 203 Å². The number of nitrogens with one attached hydrogen (secondary N) is 1. The van der Waals surface area contributed by atoms with Crippen LogP contribution in [0.3, 0.4) is 0 Å². The molecule has 0 aliphatic heterocycles. The highest BCUT2D eigenvalue weighted by atomic mass is 19.4. The SMILES string of the molecule is O=C(NCc1ccccc1OCC(F)(F)F)c1nn(-c2ccccc2)c(-c2ccccc2)c1C(F)F. The van der Waals surface area contributed by atoms with Gasteiger partial charge in [-0.1, -0.05) is 66.7 Å². The van der Waals surface area contributed by atoms with Gasteiger partial charge in [0, 0.05) is 17.7 Å². The fourth-order valence-corrected chi connectivity index (χ4v) is 3.64. The summed E-state index contributed by atoms with van der Waals surface area (Å²) in [6.45, 7) is -1.76. The quantitative estimate of drug-likeness (QED) is 0.287. The molecular weight excluding hydrogens is 481 g/mol. The van der Waals surface area contributed by atoms with Crippen LogP contribution in [0.15, 0.2) is 84.9 Å². The first-order valence-electron chi connectivity index (χ1n) is 10.8. The zero-order valence-corrected chi connectivity index (χ0v) is 18.7. The summed E-state index contributed by atoms with van der Waals surface area (Å²) in [5, 5.41) is 6.71. The molecule has 0 bridgehead atoms. The lowest BCUT2D eigenvalue weighted by Crippen LogP contribution is -2.25. The van der Waals surface area contributed by atoms with Crippen molar-refractivity contribution in [2.24, 2.45) is 0 Å². The van der Waals surface area contributed by atoms with Crippen LogP contribution in [0.1, 0.15) is 28.0 Å². The van der Waals surface area contributed by atoms with Gasteiger partial charge in [-0.25, -0.2) is 13.5 Å². The molecule has 186 valence electrons. The zero-order valence-electron chi connectivity index (χ0n) is 18.7. The molecule has 4 aromatic rings. The van der Waals surface area contributed by atoms with E-state index in [1.165, 1.54) is 22.9 Å². The monoisotopic (exact) mass is 501 g/mol. The molecule has 0 atom stereocenters. The summed E-state index contributed by atoms with van der Waals surface area (Å²) in [6.07, 6.45) is -7.57. The predicted molar refractivity (Wildman–Crippen MR) is 123 cm³/mol. The van der Waals surface area contributed by atoms with Gasteiger partial charge >= 0.3 is 6.18 Å². The molecule has 0 radical (unpaired) electrons. The minimum atomic E-state index is -4.54. The zero-order chi connectivity index (χ0) is 25.7. The lowest BCUT2D eigenvalue weighted by atomic mass is 10.0. The number of alkyl halides is 5. The Balaban J connectivity index is 1.69. The van der Waals surface area contributed by atoms with Crippen molar-refractivity contribution in [3.8, 4) is 22.7 Å². The second-order valence-electron chi connectivity index (χ2n) is 7.72. The highest BCUT2D eigenvalue weighted by molar-refractivity contribution is 5.96. The van der Waals surface area contributed by atoms with Crippen molar-refractivity contribution >= 4 is 5.91 Å². The Hall–Kier alpha value is -4.21. The number of benzene rings is 3. The molecule has 36 heavy (non-hydrogen) atoms. The number of amides is 1. The first-order valence-corrected chi connectivity index (χ1v) is 10.8. The molecule has 0 spiro atoms. The number of hydrogen-bond donors (Lipinski definition) is 1. The van der Waals surface area contributed by atoms with Crippen molar-refractivity contribution in [1.82, 2.24) is 15.1 Å². The molecule has 5 nitrogen and oxygen atoms in total. The lowest BCUT2D eigenvalue weighted by Gasteiger charge is -2.13. The molecule has 0 fully saturated rings. The number of aromatic nitrogens is 2. The normalized spacial score (nSPS) is 11.5. The molecule has 3 aromatic carbocycles. The number of halogens is 5. The van der Waals surface area contributed by atoms with Crippen molar-refractivity contribution < 1.29 is 31.5 Å². The third kappa shape index (κ3) is 5.70. The van der Waals surface area contributed by atoms with Crippen LogP contribution in [0.2, 0.25) is 0 Å². The van der Waals surface area contributed by atoms with Gasteiger partial charge in [-0.2, -0.15) is 18.3 Å². The Morgan fingerprint density at radius 2 is 1.53 bits per heavy atom. The minimum Gasteiger partial charge on any atom is -0.484 e. The second-order valence-corrected chi connectivity index (χ2v) is 7.72. The Morgan fingerprint density at radius 3 is 2.17 bits per heavy atom. The van der Waals surface area contributed by atoms with Gasteiger partial charge in [0.15, 0.2) is 12.3 Å². The molecule has 4 rings (SSSR count). The summed E-state index contributed by atoms with van der Waals surface area (Å²) in [6, 6.07) is 22.8. The van der Waals surface area contributed by atoms with E-state index in [0.717, 1.165) is 0 Å². The van der Waals surface area contributed by atoms with Crippen molar-refractivity contribution in [3.63, 3.8) is 0 Å². The van der Waals surface area contributed by atoms with Crippen LogP contribution in [0.25, 0.3) is 16.9 Å². The van der Waals surface area contributed by atoms with E-state index in [1.807, 2.05) is 0 Å². The van der Waals surface area contributed by atoms with Gasteiger partial charge < -0.3 is 10.1 Å². The number of carbonyl (C=O) groups is 1. The summed E-state index contributed by atoms with van der Waals surface area (Å²) < 4.78 is 72.5. The van der Waals surface area contributed by atoms with E-state index in [-0.39, 0.29) is 23.6 Å². The fraction of sp³-hybridized carbons (Fsp3) is 0.154. The lowest BCUT2D eigenvalue weighted by molar-refractivity contribution is -0.153. The summed E-state index contributed by atoms with van der Waals surface area (Å²) in [7, 11) is 0. The van der Waals surface area contributed by atoms with Crippen LogP contribution >= 0.6 is 0 Å². The van der Waals surface area contributed by atoms with Gasteiger partial charge in [0.25, 0.3) is 12.3 Å². The van der Waals surface area contributed by atoms with Gasteiger partial charge in [-0.15, -0.1) is 0 Å². The first kappa shape index (κ1) is 24.9. The largest absolute Gasteiger partial charge is 0.484 e. The Kier molecular flexibility index (Phi) is 7.33. The van der Waals surface area contributed by atoms with Gasteiger partial charge in [-0.3, -0.25) is 4.79 Å². The van der Waals surface area contributed by atoms with Crippen molar-refractivity contribution in [3.05, 3.63) is 102 Å². The Morgan fingerprint density at radius 1 is 0.917 bits per heavy atom. The average Bonchev–Trinajstić information content (AvgIpc) is 3.28. The van der Waals surface area contributed by atoms with Gasteiger partial charge in [0.1, 0.15) is 5.75 Å². The van der Waals surface area contributed by atoms with Gasteiger partial charge in [0.2, 0.25) is 0 Å². The highest BCUT2D eigenvalue weighted by Gasteiger charge is 2.31. The standard InChI is InChI=1S/C26H20F5N3O2/c27-24(28)21-22(25(35)32-15-18-11-7-8-14-20(18)36-16-26(29,30)31)33-34(19-12-5-2-6-13-19)23(21)17-9-3-1-4-10-17/h1-14,24H,15-16H2,(H,32,35). The van der Waals surface area contributed by atoms with E-state index in [2.05, 4.69) is 10.4 Å². The molecule has 10 heteroatoms. The third-order valence-electron chi connectivity index (χ3n) is 5.21. The minimum absolute atomic E-state index is 0.0656. The molecule has 0 saturated heterocycles. The number of ether oxygens (including phenoxy) is 1. The van der Waals surface area contributed by atoms with Crippen LogP contribution in [0.5, 0.6) is 5.75 Å². The first-order chi connectivity index (χ1) is 17.2. The molecular formula is C26H20F5N3O2. The highest BCUT2D eigenvalue weighted by Crippen LogP contribution is 2.36. The van der Waals surface area contributed by atoms with Crippen molar-refractivity contribution in [2.75, 3.05) is 6.61 Å². The van der Waals surface area contributed by atoms with E-state index in [9.17, 15) is 26.7 Å². The summed E-state index contributed by atoms with van der Waals surface area (Å²) in [5.74, 6) is -0.980. The Bertz CT molecular complexity index is 1320. The summed E-state index contributed by atoms with van der Waals surface area (Å²) in [4.78, 5) is 13.1. The molecule has 0 saturated carbocycles. The summed E-state index contributed by atoms with van der Waals surface area (Å²) in [5.41, 5.74) is 0.193. The van der Waals surface area contributed by atoms with Gasteiger partial charge in [0.05, 0.1) is 16.9 Å². The van der Waals surface area contributed by atoms with Crippen LogP contribution in [0.4, 0.5) is 22.0 Å². The van der Waals surface area contributed by atoms with Gasteiger partial charge in [-0.05, 0) is 18.2 Å². The van der Waals surface area contributed by atoms with Crippen LogP contribution in [0, 0.1) is 0 Å². The third-order valence-corrected chi connectivity index (χ3v) is 5.21. The topological polar surface area (TPSA) is 56.1 Å². The predicted octanol–water partition coefficient (Wildman–Crippen LogP) is 6.35. The molecule has 0 unspecified atom stereocenters. The molecule has 1 N–H and O–H groups in total. The average molecular weight is 501 g/mol. The summed E-state index contributed by atoms with van der Waals surface area (Å²) >= 11 is 0. The maximum atomic E-state index is 14.3. The maximum Gasteiger partial charge on any atom is 0.422 e. The molecule has 1 heterocycles. The maximum absolute atomic E-state index is 14.3. The molecule has 0 aliphatic carbocycles. The van der Waals surface area contributed by atoms with Crippen molar-refractivity contribution in [2.45, 2.75) is 19.1 Å². The van der Waals surface area contributed by atoms with Crippen LogP contribution in [-0.4, -0.2) is 28.5 Å². The molecule has 0 aliphatic rings. The number of rotatable bonds is 8. The second kappa shape index (κ2) is 10.6. The van der Waals surface area contributed by atoms with Crippen molar-refractivity contribution in [1.29, 1.82) is 0 Å². The van der Waals surface area contributed by atoms with Crippen LogP contribution in [-0.2, 0) is 6.54 Å². The van der Waals surface area contributed by atoms with E-state index < -0.39 is 36.4 Å². The fourth-order valence-electron chi connectivity index (χ4n) is 3.64. The van der Waals surface area contributed by atoms with E-state index in [4.69, 9.17) is 4.74 Å².